The van der Waals surface area contributed by atoms with E-state index in [9.17, 15) is 9.18 Å². The normalized spacial score (nSPS) is 16.2. The molecule has 1 aromatic heterocycles. The molecule has 0 saturated heterocycles. The molecule has 0 radical (unpaired) electrons. The monoisotopic (exact) mass is 426 g/mol. The molecule has 1 N–H and O–H groups in total. The molecular formula is C25H19FN4O2. The quantitative estimate of drug-likeness (QED) is 0.463. The van der Waals surface area contributed by atoms with E-state index in [1.54, 1.807) is 17.0 Å². The number of hydrogen-bond donors (Lipinski definition) is 1. The highest BCUT2D eigenvalue weighted by atomic mass is 19.1. The molecule has 4 aromatic rings. The van der Waals surface area contributed by atoms with Crippen molar-refractivity contribution in [2.45, 2.75) is 13.0 Å². The number of urea groups is 1. The van der Waals surface area contributed by atoms with Crippen LogP contribution in [0.3, 0.4) is 0 Å². The average Bonchev–Trinajstić information content (AvgIpc) is 3.30. The van der Waals surface area contributed by atoms with Gasteiger partial charge in [-0.25, -0.2) is 9.18 Å². The number of anilines is 1. The summed E-state index contributed by atoms with van der Waals surface area (Å²) in [5.41, 5.74) is 3.46. The molecule has 0 bridgehead atoms. The van der Waals surface area contributed by atoms with Crippen LogP contribution >= 0.6 is 0 Å². The minimum absolute atomic E-state index is 0.254. The Morgan fingerprint density at radius 3 is 2.41 bits per heavy atom. The zero-order valence-corrected chi connectivity index (χ0v) is 17.2. The Kier molecular flexibility index (Phi) is 4.99. The Labute approximate surface area is 184 Å². The fourth-order valence-electron chi connectivity index (χ4n) is 3.88. The van der Waals surface area contributed by atoms with Gasteiger partial charge in [-0.3, -0.25) is 4.90 Å². The van der Waals surface area contributed by atoms with Crippen LogP contribution in [-0.4, -0.2) is 16.2 Å². The Hall–Kier alpha value is -4.26. The number of carbonyl (C=O) groups excluding carboxylic acids is 1. The molecule has 6 nitrogen and oxygen atoms in total. The molecule has 32 heavy (non-hydrogen) atoms. The standard InChI is InChI=1S/C25H19FN4O2/c1-16-21(24-28-23(29-32-24)18-11-8-12-19(26)15-18)22(17-9-4-2-5-10-17)27-25(31)30(16)20-13-6-3-7-14-20/h2-15,22H,1H3,(H,27,31). The van der Waals surface area contributed by atoms with Gasteiger partial charge in [-0.2, -0.15) is 4.98 Å². The summed E-state index contributed by atoms with van der Waals surface area (Å²) < 4.78 is 19.3. The summed E-state index contributed by atoms with van der Waals surface area (Å²) in [5.74, 6) is 0.151. The largest absolute Gasteiger partial charge is 0.334 e. The van der Waals surface area contributed by atoms with E-state index in [0.29, 0.717) is 16.8 Å². The van der Waals surface area contributed by atoms with E-state index in [2.05, 4.69) is 15.5 Å². The maximum Gasteiger partial charge on any atom is 0.326 e. The van der Waals surface area contributed by atoms with E-state index < -0.39 is 6.04 Å². The lowest BCUT2D eigenvalue weighted by Gasteiger charge is -2.35. The maximum atomic E-state index is 13.7. The number of amides is 2. The van der Waals surface area contributed by atoms with Crippen LogP contribution in [0.4, 0.5) is 14.9 Å². The second kappa shape index (κ2) is 8.11. The second-order valence-corrected chi connectivity index (χ2v) is 7.40. The van der Waals surface area contributed by atoms with Crippen molar-refractivity contribution in [2.75, 3.05) is 4.90 Å². The van der Waals surface area contributed by atoms with Crippen LogP contribution in [0.25, 0.3) is 17.0 Å². The van der Waals surface area contributed by atoms with Gasteiger partial charge in [-0.05, 0) is 36.8 Å². The lowest BCUT2D eigenvalue weighted by atomic mass is 9.94. The second-order valence-electron chi connectivity index (χ2n) is 7.40. The Bertz CT molecular complexity index is 1300. The third kappa shape index (κ3) is 3.54. The number of aromatic nitrogens is 2. The number of halogens is 1. The van der Waals surface area contributed by atoms with Crippen molar-refractivity contribution in [1.29, 1.82) is 0 Å². The molecule has 1 unspecified atom stereocenters. The summed E-state index contributed by atoms with van der Waals surface area (Å²) in [6.07, 6.45) is 0. The molecule has 0 aliphatic carbocycles. The van der Waals surface area contributed by atoms with Crippen LogP contribution in [0.5, 0.6) is 0 Å². The smallest absolute Gasteiger partial charge is 0.326 e. The number of nitrogens with zero attached hydrogens (tertiary/aromatic N) is 3. The van der Waals surface area contributed by atoms with Crippen molar-refractivity contribution >= 4 is 17.3 Å². The van der Waals surface area contributed by atoms with Crippen molar-refractivity contribution in [1.82, 2.24) is 15.5 Å². The Morgan fingerprint density at radius 2 is 1.69 bits per heavy atom. The third-order valence-corrected chi connectivity index (χ3v) is 5.37. The van der Waals surface area contributed by atoms with Crippen LogP contribution in [0.15, 0.2) is 95.1 Å². The zero-order chi connectivity index (χ0) is 22.1. The SMILES string of the molecule is CC1=C(c2nc(-c3cccc(F)c3)no2)C(c2ccccc2)NC(=O)N1c1ccccc1. The van der Waals surface area contributed by atoms with E-state index >= 15 is 0 Å². The van der Waals surface area contributed by atoms with Crippen LogP contribution in [0, 0.1) is 5.82 Å². The van der Waals surface area contributed by atoms with Crippen molar-refractivity contribution < 1.29 is 13.7 Å². The van der Waals surface area contributed by atoms with E-state index in [4.69, 9.17) is 4.52 Å². The van der Waals surface area contributed by atoms with Gasteiger partial charge >= 0.3 is 6.03 Å². The summed E-state index contributed by atoms with van der Waals surface area (Å²) in [6.45, 7) is 1.85. The van der Waals surface area contributed by atoms with Gasteiger partial charge < -0.3 is 9.84 Å². The van der Waals surface area contributed by atoms with Gasteiger partial charge in [0.15, 0.2) is 0 Å². The molecule has 2 heterocycles. The Morgan fingerprint density at radius 1 is 0.969 bits per heavy atom. The molecule has 0 spiro atoms. The number of nitrogens with one attached hydrogen (secondary N) is 1. The van der Waals surface area contributed by atoms with Gasteiger partial charge in [-0.1, -0.05) is 65.8 Å². The minimum atomic E-state index is -0.482. The number of hydrogen-bond acceptors (Lipinski definition) is 4. The van der Waals surface area contributed by atoms with Crippen molar-refractivity contribution in [2.24, 2.45) is 0 Å². The zero-order valence-electron chi connectivity index (χ0n) is 17.2. The highest BCUT2D eigenvalue weighted by molar-refractivity contribution is 6.01. The Balaban J connectivity index is 1.66. The molecule has 3 aromatic carbocycles. The van der Waals surface area contributed by atoms with E-state index in [1.165, 1.54) is 12.1 Å². The van der Waals surface area contributed by atoms with Crippen LogP contribution in [0.1, 0.15) is 24.4 Å². The third-order valence-electron chi connectivity index (χ3n) is 5.37. The molecule has 1 atom stereocenters. The highest BCUT2D eigenvalue weighted by Gasteiger charge is 2.36. The van der Waals surface area contributed by atoms with Crippen molar-refractivity contribution in [3.63, 3.8) is 0 Å². The van der Waals surface area contributed by atoms with Crippen LogP contribution in [-0.2, 0) is 0 Å². The van der Waals surface area contributed by atoms with Gasteiger partial charge in [0, 0.05) is 11.3 Å². The fraction of sp³-hybridized carbons (Fsp3) is 0.0800. The van der Waals surface area contributed by atoms with Crippen LogP contribution in [0.2, 0.25) is 0 Å². The van der Waals surface area contributed by atoms with Crippen molar-refractivity contribution in [3.8, 4) is 11.4 Å². The summed E-state index contributed by atoms with van der Waals surface area (Å²) in [6, 6.07) is 24.2. The topological polar surface area (TPSA) is 71.3 Å². The molecule has 5 rings (SSSR count). The molecule has 7 heteroatoms. The maximum absolute atomic E-state index is 13.7. The summed E-state index contributed by atoms with van der Waals surface area (Å²) in [4.78, 5) is 19.2. The van der Waals surface area contributed by atoms with Gasteiger partial charge in [0.05, 0.1) is 17.3 Å². The molecular weight excluding hydrogens is 407 g/mol. The lowest BCUT2D eigenvalue weighted by Crippen LogP contribution is -2.46. The predicted octanol–water partition coefficient (Wildman–Crippen LogP) is 5.58. The predicted molar refractivity (Wildman–Crippen MR) is 119 cm³/mol. The average molecular weight is 426 g/mol. The van der Waals surface area contributed by atoms with Gasteiger partial charge in [0.1, 0.15) is 5.82 Å². The molecule has 158 valence electrons. The highest BCUT2D eigenvalue weighted by Crippen LogP contribution is 2.38. The first-order valence-electron chi connectivity index (χ1n) is 10.1. The van der Waals surface area contributed by atoms with Crippen LogP contribution < -0.4 is 10.2 Å². The number of para-hydroxylation sites is 1. The summed E-state index contributed by atoms with van der Waals surface area (Å²) in [7, 11) is 0. The first-order valence-corrected chi connectivity index (χ1v) is 10.1. The van der Waals surface area contributed by atoms with E-state index in [1.807, 2.05) is 67.6 Å². The minimum Gasteiger partial charge on any atom is -0.334 e. The number of allylic oxidation sites excluding steroid dienone is 1. The van der Waals surface area contributed by atoms with Gasteiger partial charge in [0.25, 0.3) is 5.89 Å². The molecule has 1 aliphatic heterocycles. The fourth-order valence-corrected chi connectivity index (χ4v) is 3.88. The molecule has 0 saturated carbocycles. The summed E-state index contributed by atoms with van der Waals surface area (Å²) in [5, 5.41) is 7.12. The van der Waals surface area contributed by atoms with Crippen molar-refractivity contribution in [3.05, 3.63) is 108 Å². The molecule has 1 aliphatic rings. The van der Waals surface area contributed by atoms with E-state index in [-0.39, 0.29) is 23.6 Å². The number of benzene rings is 3. The number of carbonyl (C=O) groups is 1. The van der Waals surface area contributed by atoms with Gasteiger partial charge in [-0.15, -0.1) is 0 Å². The lowest BCUT2D eigenvalue weighted by molar-refractivity contribution is 0.244. The van der Waals surface area contributed by atoms with E-state index in [0.717, 1.165) is 11.3 Å². The first kappa shape index (κ1) is 19.7. The summed E-state index contributed by atoms with van der Waals surface area (Å²) >= 11 is 0. The number of rotatable bonds is 4. The first-order chi connectivity index (χ1) is 15.6. The van der Waals surface area contributed by atoms with Gasteiger partial charge in [0.2, 0.25) is 5.82 Å². The molecule has 0 fully saturated rings. The molecule has 2 amide bonds.